The predicted molar refractivity (Wildman–Crippen MR) is 50.0 cm³/mol. The minimum absolute atomic E-state index is 0.181. The van der Waals surface area contributed by atoms with E-state index in [1.165, 1.54) is 7.11 Å². The molecule has 0 saturated heterocycles. The Kier molecular flexibility index (Phi) is 3.60. The number of hydrogen-bond acceptors (Lipinski definition) is 4. The van der Waals surface area contributed by atoms with Gasteiger partial charge in [0.05, 0.1) is 12.1 Å². The largest absolute Gasteiger partial charge is 0.481 e. The SMILES string of the molecule is CO/N=C(/CC(=O)O)c1cccnc1. The van der Waals surface area contributed by atoms with Crippen molar-refractivity contribution in [2.45, 2.75) is 6.42 Å². The molecule has 1 heterocycles. The topological polar surface area (TPSA) is 71.8 Å². The molecule has 0 fully saturated rings. The number of oxime groups is 1. The Bertz CT molecular complexity index is 335. The number of rotatable bonds is 4. The zero-order chi connectivity index (χ0) is 10.4. The highest BCUT2D eigenvalue weighted by molar-refractivity contribution is 6.08. The molecule has 5 nitrogen and oxygen atoms in total. The van der Waals surface area contributed by atoms with Gasteiger partial charge in [0.2, 0.25) is 0 Å². The lowest BCUT2D eigenvalue weighted by molar-refractivity contribution is -0.135. The van der Waals surface area contributed by atoms with E-state index in [0.29, 0.717) is 11.3 Å². The lowest BCUT2D eigenvalue weighted by atomic mass is 10.1. The van der Waals surface area contributed by atoms with Gasteiger partial charge < -0.3 is 9.94 Å². The molecule has 1 aromatic rings. The van der Waals surface area contributed by atoms with Crippen LogP contribution in [0.15, 0.2) is 29.7 Å². The molecule has 1 aromatic heterocycles. The summed E-state index contributed by atoms with van der Waals surface area (Å²) in [5.41, 5.74) is 1.00. The summed E-state index contributed by atoms with van der Waals surface area (Å²) >= 11 is 0. The van der Waals surface area contributed by atoms with Crippen LogP contribution in [0.2, 0.25) is 0 Å². The molecule has 0 radical (unpaired) electrons. The number of aliphatic carboxylic acids is 1. The molecule has 0 aliphatic heterocycles. The number of carbonyl (C=O) groups is 1. The molecule has 0 saturated carbocycles. The Morgan fingerprint density at radius 3 is 3.00 bits per heavy atom. The van der Waals surface area contributed by atoms with Crippen molar-refractivity contribution in [3.05, 3.63) is 30.1 Å². The summed E-state index contributed by atoms with van der Waals surface area (Å²) < 4.78 is 0. The van der Waals surface area contributed by atoms with E-state index in [0.717, 1.165) is 0 Å². The lowest BCUT2D eigenvalue weighted by Gasteiger charge is -2.01. The Hall–Kier alpha value is -1.91. The van der Waals surface area contributed by atoms with Crippen molar-refractivity contribution in [1.82, 2.24) is 4.98 Å². The smallest absolute Gasteiger partial charge is 0.309 e. The molecule has 0 aliphatic carbocycles. The van der Waals surface area contributed by atoms with Crippen LogP contribution in [0.1, 0.15) is 12.0 Å². The van der Waals surface area contributed by atoms with Crippen molar-refractivity contribution < 1.29 is 14.7 Å². The summed E-state index contributed by atoms with van der Waals surface area (Å²) in [5.74, 6) is -0.954. The Morgan fingerprint density at radius 2 is 2.50 bits per heavy atom. The minimum Gasteiger partial charge on any atom is -0.481 e. The molecular formula is C9H10N2O3. The Labute approximate surface area is 81.0 Å². The van der Waals surface area contributed by atoms with Crippen LogP contribution in [0.3, 0.4) is 0 Å². The fraction of sp³-hybridized carbons (Fsp3) is 0.222. The highest BCUT2D eigenvalue weighted by Gasteiger charge is 2.09. The van der Waals surface area contributed by atoms with Crippen molar-refractivity contribution in [2.75, 3.05) is 7.11 Å². The summed E-state index contributed by atoms with van der Waals surface area (Å²) in [7, 11) is 1.37. The van der Waals surface area contributed by atoms with E-state index in [1.807, 2.05) is 0 Å². The van der Waals surface area contributed by atoms with Crippen molar-refractivity contribution in [1.29, 1.82) is 0 Å². The first-order chi connectivity index (χ1) is 6.74. The number of carboxylic acid groups (broad SMARTS) is 1. The normalized spacial score (nSPS) is 11.1. The van der Waals surface area contributed by atoms with Gasteiger partial charge in [-0.1, -0.05) is 5.16 Å². The second-order valence-electron chi connectivity index (χ2n) is 2.53. The van der Waals surface area contributed by atoms with Gasteiger partial charge in [-0.2, -0.15) is 0 Å². The van der Waals surface area contributed by atoms with Gasteiger partial charge >= 0.3 is 5.97 Å². The summed E-state index contributed by atoms with van der Waals surface area (Å²) in [5, 5.41) is 12.2. The van der Waals surface area contributed by atoms with E-state index in [2.05, 4.69) is 15.0 Å². The van der Waals surface area contributed by atoms with Crippen molar-refractivity contribution in [3.63, 3.8) is 0 Å². The van der Waals surface area contributed by atoms with E-state index in [1.54, 1.807) is 24.5 Å². The highest BCUT2D eigenvalue weighted by Crippen LogP contribution is 2.03. The van der Waals surface area contributed by atoms with Gasteiger partial charge in [0.25, 0.3) is 0 Å². The molecule has 0 spiro atoms. The number of nitrogens with zero attached hydrogens (tertiary/aromatic N) is 2. The van der Waals surface area contributed by atoms with Gasteiger partial charge in [-0.3, -0.25) is 9.78 Å². The first-order valence-corrected chi connectivity index (χ1v) is 3.96. The van der Waals surface area contributed by atoms with E-state index in [-0.39, 0.29) is 6.42 Å². The fourth-order valence-corrected chi connectivity index (χ4v) is 0.974. The molecular weight excluding hydrogens is 184 g/mol. The average Bonchev–Trinajstić information content (AvgIpc) is 2.18. The zero-order valence-electron chi connectivity index (χ0n) is 7.67. The second-order valence-corrected chi connectivity index (χ2v) is 2.53. The van der Waals surface area contributed by atoms with E-state index in [4.69, 9.17) is 5.11 Å². The van der Waals surface area contributed by atoms with Gasteiger partial charge in [0.1, 0.15) is 7.11 Å². The first kappa shape index (κ1) is 10.2. The van der Waals surface area contributed by atoms with Crippen molar-refractivity contribution >= 4 is 11.7 Å². The quantitative estimate of drug-likeness (QED) is 0.571. The fourth-order valence-electron chi connectivity index (χ4n) is 0.974. The highest BCUT2D eigenvalue weighted by atomic mass is 16.6. The summed E-state index contributed by atoms with van der Waals surface area (Å²) in [6, 6.07) is 3.44. The molecule has 0 unspecified atom stereocenters. The van der Waals surface area contributed by atoms with Crippen LogP contribution in [-0.4, -0.2) is 28.9 Å². The Morgan fingerprint density at radius 1 is 1.71 bits per heavy atom. The van der Waals surface area contributed by atoms with Crippen LogP contribution in [0, 0.1) is 0 Å². The molecule has 74 valence electrons. The molecule has 0 amide bonds. The van der Waals surface area contributed by atoms with Crippen LogP contribution < -0.4 is 0 Å². The number of aromatic nitrogens is 1. The van der Waals surface area contributed by atoms with Crippen LogP contribution in [0.5, 0.6) is 0 Å². The molecule has 1 N–H and O–H groups in total. The molecule has 14 heavy (non-hydrogen) atoms. The molecule has 1 rings (SSSR count). The van der Waals surface area contributed by atoms with Gasteiger partial charge in [-0.05, 0) is 12.1 Å². The molecule has 0 atom stereocenters. The number of pyridine rings is 1. The molecule has 0 aromatic carbocycles. The van der Waals surface area contributed by atoms with Gasteiger partial charge in [0, 0.05) is 18.0 Å². The zero-order valence-corrected chi connectivity index (χ0v) is 7.67. The monoisotopic (exact) mass is 194 g/mol. The second kappa shape index (κ2) is 4.96. The van der Waals surface area contributed by atoms with Crippen LogP contribution in [0.25, 0.3) is 0 Å². The van der Waals surface area contributed by atoms with Crippen molar-refractivity contribution in [3.8, 4) is 0 Å². The first-order valence-electron chi connectivity index (χ1n) is 3.96. The standard InChI is InChI=1S/C9H10N2O3/c1-14-11-8(5-9(12)13)7-3-2-4-10-6-7/h2-4,6H,5H2,1H3,(H,12,13)/b11-8-. The summed E-state index contributed by atoms with van der Waals surface area (Å²) in [6.07, 6.45) is 2.97. The van der Waals surface area contributed by atoms with Crippen LogP contribution in [0.4, 0.5) is 0 Å². The minimum atomic E-state index is -0.954. The number of hydrogen-bond donors (Lipinski definition) is 1. The van der Waals surface area contributed by atoms with E-state index in [9.17, 15) is 4.79 Å². The van der Waals surface area contributed by atoms with E-state index >= 15 is 0 Å². The van der Waals surface area contributed by atoms with E-state index < -0.39 is 5.97 Å². The van der Waals surface area contributed by atoms with Crippen LogP contribution >= 0.6 is 0 Å². The Balaban J connectivity index is 2.89. The maximum absolute atomic E-state index is 10.5. The average molecular weight is 194 g/mol. The van der Waals surface area contributed by atoms with Crippen molar-refractivity contribution in [2.24, 2.45) is 5.16 Å². The third kappa shape index (κ3) is 2.85. The lowest BCUT2D eigenvalue weighted by Crippen LogP contribution is -2.09. The molecule has 5 heteroatoms. The summed E-state index contributed by atoms with van der Waals surface area (Å²) in [4.78, 5) is 18.9. The van der Waals surface area contributed by atoms with Gasteiger partial charge in [-0.25, -0.2) is 0 Å². The van der Waals surface area contributed by atoms with Gasteiger partial charge in [0.15, 0.2) is 0 Å². The maximum atomic E-state index is 10.5. The van der Waals surface area contributed by atoms with Crippen LogP contribution in [-0.2, 0) is 9.63 Å². The predicted octanol–water partition coefficient (Wildman–Crippen LogP) is 0.907. The maximum Gasteiger partial charge on any atom is 0.309 e. The molecule has 0 aliphatic rings. The third-order valence-electron chi connectivity index (χ3n) is 1.51. The number of carboxylic acids is 1. The summed E-state index contributed by atoms with van der Waals surface area (Å²) in [6.45, 7) is 0. The van der Waals surface area contributed by atoms with Gasteiger partial charge in [-0.15, -0.1) is 0 Å². The molecule has 0 bridgehead atoms. The third-order valence-corrected chi connectivity index (χ3v) is 1.51.